The van der Waals surface area contributed by atoms with Crippen molar-refractivity contribution >= 4 is 5.91 Å². The van der Waals surface area contributed by atoms with E-state index in [-0.39, 0.29) is 17.5 Å². The number of hydrogen-bond acceptors (Lipinski definition) is 3. The van der Waals surface area contributed by atoms with Gasteiger partial charge in [-0.25, -0.2) is 0 Å². The summed E-state index contributed by atoms with van der Waals surface area (Å²) in [7, 11) is 1.97. The van der Waals surface area contributed by atoms with Crippen molar-refractivity contribution in [1.82, 2.24) is 9.80 Å². The molecule has 1 aliphatic rings. The third-order valence-corrected chi connectivity index (χ3v) is 3.22. The second-order valence-electron chi connectivity index (χ2n) is 5.39. The molecule has 0 aromatic rings. The Hall–Kier alpha value is -0.610. The van der Waals surface area contributed by atoms with Crippen LogP contribution in [0.3, 0.4) is 0 Å². The molecule has 1 heterocycles. The molecule has 15 heavy (non-hydrogen) atoms. The standard InChI is InChI=1S/C11H23N3O/c1-8-7-14(11(2,3)4)10(15)9(6-12)13(8)5/h8-9H,6-7,12H2,1-5H3. The van der Waals surface area contributed by atoms with E-state index in [4.69, 9.17) is 5.73 Å². The zero-order chi connectivity index (χ0) is 11.8. The maximum atomic E-state index is 12.2. The summed E-state index contributed by atoms with van der Waals surface area (Å²) in [5.74, 6) is 0.158. The molecule has 1 fully saturated rings. The lowest BCUT2D eigenvalue weighted by Crippen LogP contribution is -2.65. The first-order chi connectivity index (χ1) is 6.79. The Balaban J connectivity index is 2.91. The molecule has 2 N–H and O–H groups in total. The van der Waals surface area contributed by atoms with Gasteiger partial charge in [-0.1, -0.05) is 0 Å². The fourth-order valence-corrected chi connectivity index (χ4v) is 2.02. The van der Waals surface area contributed by atoms with Gasteiger partial charge in [-0.05, 0) is 34.7 Å². The molecule has 1 saturated heterocycles. The molecule has 2 atom stereocenters. The van der Waals surface area contributed by atoms with Gasteiger partial charge in [-0.15, -0.1) is 0 Å². The fraction of sp³-hybridized carbons (Fsp3) is 0.909. The summed E-state index contributed by atoms with van der Waals surface area (Å²) < 4.78 is 0. The van der Waals surface area contributed by atoms with E-state index in [0.29, 0.717) is 12.6 Å². The van der Waals surface area contributed by atoms with Gasteiger partial charge in [0.25, 0.3) is 0 Å². The topological polar surface area (TPSA) is 49.6 Å². The Morgan fingerprint density at radius 2 is 2.00 bits per heavy atom. The van der Waals surface area contributed by atoms with Gasteiger partial charge in [0.2, 0.25) is 5.91 Å². The van der Waals surface area contributed by atoms with E-state index >= 15 is 0 Å². The first-order valence-corrected chi connectivity index (χ1v) is 5.52. The van der Waals surface area contributed by atoms with Gasteiger partial charge in [0.1, 0.15) is 6.04 Å². The minimum Gasteiger partial charge on any atom is -0.335 e. The Morgan fingerprint density at radius 3 is 2.40 bits per heavy atom. The van der Waals surface area contributed by atoms with Gasteiger partial charge in [0, 0.05) is 24.7 Å². The van der Waals surface area contributed by atoms with E-state index in [1.54, 1.807) is 0 Å². The van der Waals surface area contributed by atoms with E-state index in [1.807, 2.05) is 11.9 Å². The molecule has 0 spiro atoms. The highest BCUT2D eigenvalue weighted by Gasteiger charge is 2.40. The number of carbonyl (C=O) groups excluding carboxylic acids is 1. The molecule has 1 amide bonds. The van der Waals surface area contributed by atoms with E-state index < -0.39 is 0 Å². The van der Waals surface area contributed by atoms with Crippen molar-refractivity contribution in [2.75, 3.05) is 20.1 Å². The van der Waals surface area contributed by atoms with Crippen LogP contribution in [0.15, 0.2) is 0 Å². The predicted molar refractivity (Wildman–Crippen MR) is 61.5 cm³/mol. The summed E-state index contributed by atoms with van der Waals surface area (Å²) in [6, 6.07) is 0.212. The highest BCUT2D eigenvalue weighted by atomic mass is 16.2. The van der Waals surface area contributed by atoms with Gasteiger partial charge in [-0.3, -0.25) is 9.69 Å². The predicted octanol–water partition coefficient (Wildman–Crippen LogP) is 0.275. The molecule has 88 valence electrons. The number of amides is 1. The van der Waals surface area contributed by atoms with Gasteiger partial charge in [0.05, 0.1) is 0 Å². The molecule has 0 bridgehead atoms. The summed E-state index contributed by atoms with van der Waals surface area (Å²) in [4.78, 5) is 16.2. The minimum absolute atomic E-state index is 0.111. The fourth-order valence-electron chi connectivity index (χ4n) is 2.02. The maximum Gasteiger partial charge on any atom is 0.241 e. The highest BCUT2D eigenvalue weighted by Crippen LogP contribution is 2.22. The molecule has 0 radical (unpaired) electrons. The number of carbonyl (C=O) groups is 1. The van der Waals surface area contributed by atoms with Crippen molar-refractivity contribution in [3.63, 3.8) is 0 Å². The third kappa shape index (κ3) is 2.32. The van der Waals surface area contributed by atoms with Crippen LogP contribution < -0.4 is 5.73 Å². The lowest BCUT2D eigenvalue weighted by atomic mass is 9.98. The van der Waals surface area contributed by atoms with Crippen molar-refractivity contribution < 1.29 is 4.79 Å². The van der Waals surface area contributed by atoms with Crippen molar-refractivity contribution in [3.05, 3.63) is 0 Å². The molecule has 0 saturated carbocycles. The van der Waals surface area contributed by atoms with Crippen LogP contribution in [-0.4, -0.2) is 53.5 Å². The van der Waals surface area contributed by atoms with Gasteiger partial charge >= 0.3 is 0 Å². The van der Waals surface area contributed by atoms with Crippen LogP contribution in [0.2, 0.25) is 0 Å². The molecular weight excluding hydrogens is 190 g/mol. The van der Waals surface area contributed by atoms with Crippen LogP contribution in [0.5, 0.6) is 0 Å². The van der Waals surface area contributed by atoms with Crippen molar-refractivity contribution in [2.24, 2.45) is 5.73 Å². The minimum atomic E-state index is -0.159. The van der Waals surface area contributed by atoms with Crippen molar-refractivity contribution in [3.8, 4) is 0 Å². The van der Waals surface area contributed by atoms with Crippen LogP contribution in [-0.2, 0) is 4.79 Å². The Labute approximate surface area is 92.4 Å². The summed E-state index contributed by atoms with van der Waals surface area (Å²) in [6.45, 7) is 9.51. The number of likely N-dealkylation sites (N-methyl/N-ethyl adjacent to an activating group) is 1. The van der Waals surface area contributed by atoms with Crippen LogP contribution in [0.25, 0.3) is 0 Å². The lowest BCUT2D eigenvalue weighted by Gasteiger charge is -2.48. The smallest absolute Gasteiger partial charge is 0.241 e. The zero-order valence-corrected chi connectivity index (χ0v) is 10.4. The number of nitrogens with two attached hydrogens (primary N) is 1. The zero-order valence-electron chi connectivity index (χ0n) is 10.4. The Bertz CT molecular complexity index is 247. The quantitative estimate of drug-likeness (QED) is 0.680. The molecule has 0 aliphatic carbocycles. The molecule has 1 rings (SSSR count). The van der Waals surface area contributed by atoms with Crippen LogP contribution in [0, 0.1) is 0 Å². The van der Waals surface area contributed by atoms with E-state index in [0.717, 1.165) is 6.54 Å². The SMILES string of the molecule is CC1CN(C(C)(C)C)C(=O)C(CN)N1C. The van der Waals surface area contributed by atoms with Gasteiger partial charge < -0.3 is 10.6 Å². The first kappa shape index (κ1) is 12.5. The number of piperazine rings is 1. The van der Waals surface area contributed by atoms with Crippen LogP contribution >= 0.6 is 0 Å². The van der Waals surface area contributed by atoms with Crippen molar-refractivity contribution in [1.29, 1.82) is 0 Å². The summed E-state index contributed by atoms with van der Waals surface area (Å²) >= 11 is 0. The summed E-state index contributed by atoms with van der Waals surface area (Å²) in [5, 5.41) is 0. The highest BCUT2D eigenvalue weighted by molar-refractivity contribution is 5.83. The molecule has 1 aliphatic heterocycles. The third-order valence-electron chi connectivity index (χ3n) is 3.22. The molecule has 2 unspecified atom stereocenters. The average Bonchev–Trinajstić information content (AvgIpc) is 2.10. The summed E-state index contributed by atoms with van der Waals surface area (Å²) in [6.07, 6.45) is 0. The maximum absolute atomic E-state index is 12.2. The summed E-state index contributed by atoms with van der Waals surface area (Å²) in [5.41, 5.74) is 5.55. The Kier molecular flexibility index (Phi) is 3.41. The second kappa shape index (κ2) is 4.10. The van der Waals surface area contributed by atoms with Crippen LogP contribution in [0.4, 0.5) is 0 Å². The Morgan fingerprint density at radius 1 is 1.47 bits per heavy atom. The number of rotatable bonds is 1. The lowest BCUT2D eigenvalue weighted by molar-refractivity contribution is -0.149. The molecule has 0 aromatic carbocycles. The van der Waals surface area contributed by atoms with Crippen LogP contribution in [0.1, 0.15) is 27.7 Å². The largest absolute Gasteiger partial charge is 0.335 e. The van der Waals surface area contributed by atoms with Gasteiger partial charge in [0.15, 0.2) is 0 Å². The first-order valence-electron chi connectivity index (χ1n) is 5.52. The molecule has 0 aromatic heterocycles. The van der Waals surface area contributed by atoms with E-state index in [9.17, 15) is 4.79 Å². The monoisotopic (exact) mass is 213 g/mol. The number of hydrogen-bond donors (Lipinski definition) is 1. The molecular formula is C11H23N3O. The average molecular weight is 213 g/mol. The second-order valence-corrected chi connectivity index (χ2v) is 5.39. The number of nitrogens with zero attached hydrogens (tertiary/aromatic N) is 2. The van der Waals surface area contributed by atoms with Crippen molar-refractivity contribution in [2.45, 2.75) is 45.3 Å². The molecule has 4 nitrogen and oxygen atoms in total. The van der Waals surface area contributed by atoms with E-state index in [1.165, 1.54) is 0 Å². The van der Waals surface area contributed by atoms with Gasteiger partial charge in [-0.2, -0.15) is 0 Å². The van der Waals surface area contributed by atoms with E-state index in [2.05, 4.69) is 32.6 Å². The molecule has 4 heteroatoms. The normalized spacial score (nSPS) is 29.7.